The zero-order chi connectivity index (χ0) is 16.2. The first kappa shape index (κ1) is 18.5. The zero-order valence-corrected chi connectivity index (χ0v) is 15.3. The van der Waals surface area contributed by atoms with Crippen molar-refractivity contribution in [2.45, 2.75) is 24.3 Å². The molecule has 0 spiro atoms. The van der Waals surface area contributed by atoms with E-state index in [4.69, 9.17) is 5.11 Å². The number of nitrogens with zero attached hydrogens (tertiary/aromatic N) is 1. The molecule has 0 fully saturated rings. The maximum absolute atomic E-state index is 12.6. The highest BCUT2D eigenvalue weighted by Gasteiger charge is 2.27. The van der Waals surface area contributed by atoms with Crippen molar-refractivity contribution in [1.82, 2.24) is 4.31 Å². The van der Waals surface area contributed by atoms with Crippen molar-refractivity contribution in [2.75, 3.05) is 19.1 Å². The van der Waals surface area contributed by atoms with Crippen LogP contribution in [0.2, 0.25) is 0 Å². The largest absolute Gasteiger partial charge is 0.478 e. The molecule has 0 saturated heterocycles. The van der Waals surface area contributed by atoms with Gasteiger partial charge in [-0.3, -0.25) is 0 Å². The lowest BCUT2D eigenvalue weighted by Crippen LogP contribution is -2.38. The summed E-state index contributed by atoms with van der Waals surface area (Å²) in [5, 5.41) is 9.09. The van der Waals surface area contributed by atoms with Crippen LogP contribution in [-0.4, -0.2) is 48.9 Å². The number of carboxylic acids is 1. The smallest absolute Gasteiger partial charge is 0.336 e. The van der Waals surface area contributed by atoms with Crippen molar-refractivity contribution in [1.29, 1.82) is 0 Å². The van der Waals surface area contributed by atoms with Gasteiger partial charge in [-0.05, 0) is 46.8 Å². The van der Waals surface area contributed by atoms with E-state index in [2.05, 4.69) is 15.9 Å². The summed E-state index contributed by atoms with van der Waals surface area (Å²) in [6.45, 7) is 1.93. The Balaban J connectivity index is 3.24. The first-order valence-corrected chi connectivity index (χ1v) is 9.88. The van der Waals surface area contributed by atoms with E-state index >= 15 is 0 Å². The summed E-state index contributed by atoms with van der Waals surface area (Å²) in [7, 11) is -2.18. The van der Waals surface area contributed by atoms with Crippen molar-refractivity contribution >= 4 is 43.7 Å². The number of benzene rings is 1. The van der Waals surface area contributed by atoms with Crippen molar-refractivity contribution in [3.05, 3.63) is 28.2 Å². The van der Waals surface area contributed by atoms with Gasteiger partial charge >= 0.3 is 5.97 Å². The number of rotatable bonds is 7. The summed E-state index contributed by atoms with van der Waals surface area (Å²) in [5.74, 6) is -0.480. The number of carboxylic acid groups (broad SMARTS) is 1. The predicted octanol–water partition coefficient (Wildman–Crippen LogP) is 2.91. The Bertz CT molecular complexity index is 619. The highest BCUT2D eigenvalue weighted by atomic mass is 79.9. The van der Waals surface area contributed by atoms with Gasteiger partial charge in [-0.25, -0.2) is 13.2 Å². The molecule has 0 aliphatic carbocycles. The summed E-state index contributed by atoms with van der Waals surface area (Å²) in [4.78, 5) is 11.1. The quantitative estimate of drug-likeness (QED) is 0.767. The standard InChI is InChI=1S/C13H18BrNO4S2/c1-4-9(8-20-3)15(2)21(18,19)10-5-6-12(14)11(7-10)13(16)17/h5-7,9H,4,8H2,1-3H3,(H,16,17). The molecule has 8 heteroatoms. The third kappa shape index (κ3) is 4.21. The van der Waals surface area contributed by atoms with E-state index < -0.39 is 16.0 Å². The second-order valence-corrected chi connectivity index (χ2v) is 8.25. The predicted molar refractivity (Wildman–Crippen MR) is 88.5 cm³/mol. The Morgan fingerprint density at radius 2 is 2.10 bits per heavy atom. The van der Waals surface area contributed by atoms with Gasteiger partial charge in [-0.1, -0.05) is 6.92 Å². The lowest BCUT2D eigenvalue weighted by molar-refractivity contribution is 0.0695. The van der Waals surface area contributed by atoms with Crippen LogP contribution in [0, 0.1) is 0 Å². The van der Waals surface area contributed by atoms with Gasteiger partial charge < -0.3 is 5.11 Å². The molecular formula is C13H18BrNO4S2. The number of hydrogen-bond acceptors (Lipinski definition) is 4. The highest BCUT2D eigenvalue weighted by molar-refractivity contribution is 9.10. The molecule has 1 aromatic rings. The maximum Gasteiger partial charge on any atom is 0.336 e. The Kier molecular flexibility index (Phi) is 6.71. The van der Waals surface area contributed by atoms with Gasteiger partial charge in [0.1, 0.15) is 0 Å². The molecular weight excluding hydrogens is 378 g/mol. The molecule has 1 aromatic carbocycles. The van der Waals surface area contributed by atoms with E-state index in [1.807, 2.05) is 13.2 Å². The number of halogens is 1. The van der Waals surface area contributed by atoms with Gasteiger partial charge in [0.25, 0.3) is 0 Å². The molecule has 0 bridgehead atoms. The van der Waals surface area contributed by atoms with E-state index in [-0.39, 0.29) is 16.5 Å². The summed E-state index contributed by atoms with van der Waals surface area (Å²) < 4.78 is 26.9. The van der Waals surface area contributed by atoms with Crippen molar-refractivity contribution in [2.24, 2.45) is 0 Å². The van der Waals surface area contributed by atoms with Crippen LogP contribution in [0.5, 0.6) is 0 Å². The molecule has 0 amide bonds. The molecule has 118 valence electrons. The Labute approximate surface area is 137 Å². The van der Waals surface area contributed by atoms with Crippen LogP contribution in [0.3, 0.4) is 0 Å². The van der Waals surface area contributed by atoms with Gasteiger partial charge in [0, 0.05) is 23.3 Å². The summed E-state index contributed by atoms with van der Waals surface area (Å²) >= 11 is 4.69. The highest BCUT2D eigenvalue weighted by Crippen LogP contribution is 2.25. The molecule has 0 heterocycles. The fraction of sp³-hybridized carbons (Fsp3) is 0.462. The van der Waals surface area contributed by atoms with Crippen LogP contribution < -0.4 is 0 Å². The molecule has 0 radical (unpaired) electrons. The van der Waals surface area contributed by atoms with E-state index in [1.165, 1.54) is 29.6 Å². The van der Waals surface area contributed by atoms with Crippen LogP contribution in [0.4, 0.5) is 0 Å². The van der Waals surface area contributed by atoms with E-state index in [9.17, 15) is 13.2 Å². The lowest BCUT2D eigenvalue weighted by Gasteiger charge is -2.26. The van der Waals surface area contributed by atoms with E-state index in [0.717, 1.165) is 0 Å². The minimum Gasteiger partial charge on any atom is -0.478 e. The fourth-order valence-electron chi connectivity index (χ4n) is 1.86. The maximum atomic E-state index is 12.6. The second kappa shape index (κ2) is 7.62. The van der Waals surface area contributed by atoms with Gasteiger partial charge in [-0.2, -0.15) is 16.1 Å². The van der Waals surface area contributed by atoms with Crippen LogP contribution in [0.1, 0.15) is 23.7 Å². The Morgan fingerprint density at radius 3 is 2.57 bits per heavy atom. The number of hydrogen-bond donors (Lipinski definition) is 1. The molecule has 0 saturated carbocycles. The van der Waals surface area contributed by atoms with Crippen molar-refractivity contribution in [3.63, 3.8) is 0 Å². The number of sulfonamides is 1. The molecule has 0 aliphatic rings. The number of aromatic carboxylic acids is 1. The molecule has 1 unspecified atom stereocenters. The minimum atomic E-state index is -3.71. The molecule has 1 rings (SSSR count). The average Bonchev–Trinajstić information content (AvgIpc) is 2.43. The van der Waals surface area contributed by atoms with Crippen LogP contribution in [-0.2, 0) is 10.0 Å². The molecule has 1 atom stereocenters. The molecule has 1 N–H and O–H groups in total. The molecule has 5 nitrogen and oxygen atoms in total. The van der Waals surface area contributed by atoms with Crippen LogP contribution >= 0.6 is 27.7 Å². The summed E-state index contributed by atoms with van der Waals surface area (Å²) in [6, 6.07) is 3.92. The molecule has 0 aromatic heterocycles. The van der Waals surface area contributed by atoms with Crippen molar-refractivity contribution < 1.29 is 18.3 Å². The first-order valence-electron chi connectivity index (χ1n) is 6.25. The fourth-order valence-corrected chi connectivity index (χ4v) is 4.67. The topological polar surface area (TPSA) is 74.7 Å². The van der Waals surface area contributed by atoms with Gasteiger partial charge in [0.15, 0.2) is 0 Å². The summed E-state index contributed by atoms with van der Waals surface area (Å²) in [6.07, 6.45) is 2.62. The van der Waals surface area contributed by atoms with Gasteiger partial charge in [-0.15, -0.1) is 0 Å². The Morgan fingerprint density at radius 1 is 1.48 bits per heavy atom. The third-order valence-electron chi connectivity index (χ3n) is 3.19. The molecule has 0 aliphatic heterocycles. The number of carbonyl (C=O) groups is 1. The number of thioether (sulfide) groups is 1. The zero-order valence-electron chi connectivity index (χ0n) is 12.0. The minimum absolute atomic E-state index is 0.00912. The van der Waals surface area contributed by atoms with Gasteiger partial charge in [0.05, 0.1) is 10.5 Å². The monoisotopic (exact) mass is 395 g/mol. The lowest BCUT2D eigenvalue weighted by atomic mass is 10.2. The first-order chi connectivity index (χ1) is 9.75. The normalized spacial score (nSPS) is 13.4. The van der Waals surface area contributed by atoms with Crippen LogP contribution in [0.25, 0.3) is 0 Å². The van der Waals surface area contributed by atoms with Gasteiger partial charge in [0.2, 0.25) is 10.0 Å². The average molecular weight is 396 g/mol. The van der Waals surface area contributed by atoms with Crippen LogP contribution in [0.15, 0.2) is 27.6 Å². The third-order valence-corrected chi connectivity index (χ3v) is 6.51. The van der Waals surface area contributed by atoms with Crippen molar-refractivity contribution in [3.8, 4) is 0 Å². The Hall–Kier alpha value is -0.570. The molecule has 21 heavy (non-hydrogen) atoms. The SMILES string of the molecule is CCC(CSC)N(C)S(=O)(=O)c1ccc(Br)c(C(=O)O)c1. The summed E-state index contributed by atoms with van der Waals surface area (Å²) in [5.41, 5.74) is -0.0672. The van der Waals surface area contributed by atoms with E-state index in [1.54, 1.807) is 11.8 Å². The second-order valence-electron chi connectivity index (χ2n) is 4.49. The van der Waals surface area contributed by atoms with E-state index in [0.29, 0.717) is 16.6 Å².